The summed E-state index contributed by atoms with van der Waals surface area (Å²) >= 11 is 0. The van der Waals surface area contributed by atoms with E-state index in [-0.39, 0.29) is 5.60 Å². The second-order valence-corrected chi connectivity index (χ2v) is 3.30. The van der Waals surface area contributed by atoms with Crippen LogP contribution in [0.1, 0.15) is 13.3 Å². The Morgan fingerprint density at radius 1 is 1.55 bits per heavy atom. The number of hydrogen-bond donors (Lipinski definition) is 0. The molecule has 0 amide bonds. The smallest absolute Gasteiger partial charge is 0.114 e. The van der Waals surface area contributed by atoms with Crippen LogP contribution in [0.25, 0.3) is 0 Å². The monoisotopic (exact) mass is 158 g/mol. The zero-order valence-electron chi connectivity index (χ0n) is 6.84. The van der Waals surface area contributed by atoms with E-state index in [1.165, 1.54) is 0 Å². The highest BCUT2D eigenvalue weighted by molar-refractivity contribution is 4.87. The Bertz CT molecular complexity index is 133. The van der Waals surface area contributed by atoms with E-state index in [4.69, 9.17) is 14.2 Å². The molecule has 2 rings (SSSR count). The standard InChI is InChI=1S/C8H14O3/c1-2-8(5-9-6-8)11-4-7-3-10-7/h7H,2-6H2,1H3. The maximum Gasteiger partial charge on any atom is 0.114 e. The van der Waals surface area contributed by atoms with E-state index in [9.17, 15) is 0 Å². The van der Waals surface area contributed by atoms with Gasteiger partial charge < -0.3 is 14.2 Å². The van der Waals surface area contributed by atoms with Gasteiger partial charge in [-0.25, -0.2) is 0 Å². The van der Waals surface area contributed by atoms with Gasteiger partial charge in [0, 0.05) is 0 Å². The molecule has 0 radical (unpaired) electrons. The average molecular weight is 158 g/mol. The third-order valence-electron chi connectivity index (χ3n) is 2.35. The van der Waals surface area contributed by atoms with Gasteiger partial charge in [-0.05, 0) is 6.42 Å². The van der Waals surface area contributed by atoms with Crippen molar-refractivity contribution in [2.75, 3.05) is 26.4 Å². The summed E-state index contributed by atoms with van der Waals surface area (Å²) in [6, 6.07) is 0. The first-order chi connectivity index (χ1) is 5.35. The number of epoxide rings is 1. The summed E-state index contributed by atoms with van der Waals surface area (Å²) in [6.07, 6.45) is 1.42. The van der Waals surface area contributed by atoms with Gasteiger partial charge in [-0.2, -0.15) is 0 Å². The Kier molecular flexibility index (Phi) is 1.87. The van der Waals surface area contributed by atoms with E-state index in [2.05, 4.69) is 6.92 Å². The van der Waals surface area contributed by atoms with Crippen molar-refractivity contribution < 1.29 is 14.2 Å². The largest absolute Gasteiger partial charge is 0.375 e. The van der Waals surface area contributed by atoms with Crippen molar-refractivity contribution in [2.24, 2.45) is 0 Å². The fraction of sp³-hybridized carbons (Fsp3) is 1.00. The van der Waals surface area contributed by atoms with Gasteiger partial charge in [-0.3, -0.25) is 0 Å². The highest BCUT2D eigenvalue weighted by Crippen LogP contribution is 2.26. The van der Waals surface area contributed by atoms with Crippen LogP contribution in [-0.2, 0) is 14.2 Å². The molecule has 0 N–H and O–H groups in total. The Labute approximate surface area is 66.6 Å². The molecule has 0 saturated carbocycles. The first-order valence-electron chi connectivity index (χ1n) is 4.18. The normalized spacial score (nSPS) is 33.0. The second-order valence-electron chi connectivity index (χ2n) is 3.30. The molecule has 1 unspecified atom stereocenters. The molecule has 3 nitrogen and oxygen atoms in total. The number of ether oxygens (including phenoxy) is 3. The Balaban J connectivity index is 1.72. The van der Waals surface area contributed by atoms with Crippen LogP contribution in [0.5, 0.6) is 0 Å². The van der Waals surface area contributed by atoms with Crippen molar-refractivity contribution in [1.29, 1.82) is 0 Å². The Morgan fingerprint density at radius 3 is 2.64 bits per heavy atom. The first kappa shape index (κ1) is 7.53. The predicted octanol–water partition coefficient (Wildman–Crippen LogP) is 0.581. The quantitative estimate of drug-likeness (QED) is 0.561. The van der Waals surface area contributed by atoms with Crippen molar-refractivity contribution in [1.82, 2.24) is 0 Å². The molecule has 2 fully saturated rings. The van der Waals surface area contributed by atoms with Gasteiger partial charge in [-0.1, -0.05) is 6.92 Å². The molecule has 0 bridgehead atoms. The Hall–Kier alpha value is -0.120. The fourth-order valence-corrected chi connectivity index (χ4v) is 1.15. The summed E-state index contributed by atoms with van der Waals surface area (Å²) in [6.45, 7) is 5.28. The highest BCUT2D eigenvalue weighted by Gasteiger charge is 2.39. The minimum atomic E-state index is 0.0337. The van der Waals surface area contributed by atoms with Crippen LogP contribution in [0, 0.1) is 0 Å². The van der Waals surface area contributed by atoms with Gasteiger partial charge in [0.05, 0.1) is 26.4 Å². The maximum atomic E-state index is 5.69. The molecule has 0 aliphatic carbocycles. The third kappa shape index (κ3) is 1.55. The summed E-state index contributed by atoms with van der Waals surface area (Å²) in [5.74, 6) is 0. The van der Waals surface area contributed by atoms with E-state index in [0.717, 1.165) is 32.8 Å². The van der Waals surface area contributed by atoms with Gasteiger partial charge in [0.25, 0.3) is 0 Å². The lowest BCUT2D eigenvalue weighted by Crippen LogP contribution is -2.51. The van der Waals surface area contributed by atoms with Gasteiger partial charge in [0.2, 0.25) is 0 Å². The van der Waals surface area contributed by atoms with Crippen LogP contribution in [-0.4, -0.2) is 38.1 Å². The van der Waals surface area contributed by atoms with Crippen molar-refractivity contribution in [3.05, 3.63) is 0 Å². The minimum absolute atomic E-state index is 0.0337. The lowest BCUT2D eigenvalue weighted by Gasteiger charge is -2.40. The van der Waals surface area contributed by atoms with E-state index < -0.39 is 0 Å². The van der Waals surface area contributed by atoms with Crippen LogP contribution >= 0.6 is 0 Å². The molecule has 2 heterocycles. The third-order valence-corrected chi connectivity index (χ3v) is 2.35. The molecule has 0 spiro atoms. The molecule has 0 aromatic heterocycles. The predicted molar refractivity (Wildman–Crippen MR) is 39.5 cm³/mol. The second kappa shape index (κ2) is 2.73. The molecule has 2 aliphatic rings. The van der Waals surface area contributed by atoms with Gasteiger partial charge in [0.15, 0.2) is 0 Å². The summed E-state index contributed by atoms with van der Waals surface area (Å²) in [7, 11) is 0. The molecule has 0 aromatic rings. The van der Waals surface area contributed by atoms with Gasteiger partial charge in [-0.15, -0.1) is 0 Å². The zero-order chi connectivity index (χ0) is 7.73. The van der Waals surface area contributed by atoms with Gasteiger partial charge in [0.1, 0.15) is 11.7 Å². The highest BCUT2D eigenvalue weighted by atomic mass is 16.6. The molecule has 0 aromatic carbocycles. The summed E-state index contributed by atoms with van der Waals surface area (Å²) in [5.41, 5.74) is 0.0337. The summed E-state index contributed by atoms with van der Waals surface area (Å²) in [4.78, 5) is 0. The average Bonchev–Trinajstić information content (AvgIpc) is 2.70. The van der Waals surface area contributed by atoms with Crippen LogP contribution in [0.3, 0.4) is 0 Å². The molecule has 11 heavy (non-hydrogen) atoms. The van der Waals surface area contributed by atoms with Crippen LogP contribution in [0.15, 0.2) is 0 Å². The topological polar surface area (TPSA) is 31.0 Å². The molecule has 2 saturated heterocycles. The molecule has 2 aliphatic heterocycles. The van der Waals surface area contributed by atoms with Crippen LogP contribution in [0.2, 0.25) is 0 Å². The minimum Gasteiger partial charge on any atom is -0.375 e. The van der Waals surface area contributed by atoms with E-state index in [0.29, 0.717) is 6.10 Å². The first-order valence-corrected chi connectivity index (χ1v) is 4.18. The fourth-order valence-electron chi connectivity index (χ4n) is 1.15. The molecular weight excluding hydrogens is 144 g/mol. The van der Waals surface area contributed by atoms with Crippen molar-refractivity contribution in [2.45, 2.75) is 25.0 Å². The molecular formula is C8H14O3. The summed E-state index contributed by atoms with van der Waals surface area (Å²) < 4.78 is 15.9. The molecule has 64 valence electrons. The van der Waals surface area contributed by atoms with Crippen molar-refractivity contribution in [3.63, 3.8) is 0 Å². The van der Waals surface area contributed by atoms with Crippen molar-refractivity contribution >= 4 is 0 Å². The number of rotatable bonds is 4. The lowest BCUT2D eigenvalue weighted by atomic mass is 9.99. The number of hydrogen-bond acceptors (Lipinski definition) is 3. The van der Waals surface area contributed by atoms with E-state index in [1.807, 2.05) is 0 Å². The van der Waals surface area contributed by atoms with Crippen LogP contribution < -0.4 is 0 Å². The lowest BCUT2D eigenvalue weighted by molar-refractivity contribution is -0.212. The van der Waals surface area contributed by atoms with E-state index in [1.54, 1.807) is 0 Å². The SMILES string of the molecule is CCC1(OCC2CO2)COC1. The van der Waals surface area contributed by atoms with Crippen molar-refractivity contribution in [3.8, 4) is 0 Å². The van der Waals surface area contributed by atoms with E-state index >= 15 is 0 Å². The molecule has 1 atom stereocenters. The summed E-state index contributed by atoms with van der Waals surface area (Å²) in [5, 5.41) is 0. The maximum absolute atomic E-state index is 5.69. The van der Waals surface area contributed by atoms with Gasteiger partial charge >= 0.3 is 0 Å². The van der Waals surface area contributed by atoms with Crippen LogP contribution in [0.4, 0.5) is 0 Å². The zero-order valence-corrected chi connectivity index (χ0v) is 6.84. The molecule has 3 heteroatoms. The Morgan fingerprint density at radius 2 is 2.27 bits per heavy atom.